The zero-order chi connectivity index (χ0) is 15.8. The minimum atomic E-state index is 0.181. The van der Waals surface area contributed by atoms with Crippen LogP contribution in [0.15, 0.2) is 35.8 Å². The number of hydroxylamine groups is 1. The van der Waals surface area contributed by atoms with Crippen molar-refractivity contribution in [1.29, 1.82) is 0 Å². The molecule has 0 aromatic carbocycles. The van der Waals surface area contributed by atoms with Crippen molar-refractivity contribution >= 4 is 17.7 Å². The summed E-state index contributed by atoms with van der Waals surface area (Å²) in [5.41, 5.74) is 4.13. The maximum absolute atomic E-state index is 8.81. The molecular weight excluding hydrogens is 296 g/mol. The van der Waals surface area contributed by atoms with Gasteiger partial charge in [0.1, 0.15) is 0 Å². The number of aromatic nitrogens is 1. The van der Waals surface area contributed by atoms with Crippen LogP contribution in [0.3, 0.4) is 0 Å². The summed E-state index contributed by atoms with van der Waals surface area (Å²) in [5, 5.41) is 9.34. The lowest BCUT2D eigenvalue weighted by molar-refractivity contribution is -0.116. The molecule has 0 atom stereocenters. The molecule has 0 radical (unpaired) electrons. The number of aryl methyl sites for hydroxylation is 1. The fourth-order valence-electron chi connectivity index (χ4n) is 2.10. The van der Waals surface area contributed by atoms with Crippen molar-refractivity contribution in [2.45, 2.75) is 44.4 Å². The maximum Gasteiger partial charge on any atom is 0.230 e. The summed E-state index contributed by atoms with van der Waals surface area (Å²) >= 11 is 1.78. The van der Waals surface area contributed by atoms with Crippen molar-refractivity contribution in [3.05, 3.63) is 52.0 Å². The molecule has 2 saturated carbocycles. The van der Waals surface area contributed by atoms with Crippen LogP contribution in [0.4, 0.5) is 0 Å². The summed E-state index contributed by atoms with van der Waals surface area (Å²) in [6, 6.07) is 8.67. The van der Waals surface area contributed by atoms with Crippen LogP contribution in [-0.2, 0) is 4.79 Å². The van der Waals surface area contributed by atoms with Gasteiger partial charge in [0, 0.05) is 22.7 Å². The Morgan fingerprint density at radius 2 is 1.95 bits per heavy atom. The van der Waals surface area contributed by atoms with E-state index >= 15 is 0 Å². The molecular formula is C17H22N2O2S. The highest BCUT2D eigenvalue weighted by atomic mass is 32.1. The number of nitrogens with one attached hydrogen (secondary N) is 1. The molecule has 2 aliphatic carbocycles. The van der Waals surface area contributed by atoms with Crippen molar-refractivity contribution in [2.24, 2.45) is 0 Å². The minimum Gasteiger partial charge on any atom is -0.289 e. The average molecular weight is 318 g/mol. The SMILES string of the molecule is Cc1cccs1.O=CNO.c1cc(C2CC2)cc(C2CC2)n1. The topological polar surface area (TPSA) is 62.2 Å². The third kappa shape index (κ3) is 5.95. The fraction of sp³-hybridized carbons (Fsp3) is 0.412. The average Bonchev–Trinajstić information content (AvgIpc) is 3.47. The number of rotatable bonds is 3. The smallest absolute Gasteiger partial charge is 0.230 e. The van der Waals surface area contributed by atoms with Crippen molar-refractivity contribution in [3.63, 3.8) is 0 Å². The first-order valence-corrected chi connectivity index (χ1v) is 8.41. The second-order valence-corrected chi connectivity index (χ2v) is 6.69. The Morgan fingerprint density at radius 3 is 2.36 bits per heavy atom. The van der Waals surface area contributed by atoms with Crippen LogP contribution in [0.5, 0.6) is 0 Å². The van der Waals surface area contributed by atoms with Crippen LogP contribution in [-0.4, -0.2) is 16.6 Å². The standard InChI is InChI=1S/C11H13N.C5H6S.CH3NO2/c1-2-8(1)10-5-6-12-11(7-10)9-3-4-9;1-5-3-2-4-6-5;3-1-2-4/h5-9H,1-4H2;2-4H,1H3;1,4H,(H,2,3). The summed E-state index contributed by atoms with van der Waals surface area (Å²) in [4.78, 5) is 14.6. The van der Waals surface area contributed by atoms with Gasteiger partial charge in [0.15, 0.2) is 0 Å². The third-order valence-electron chi connectivity index (χ3n) is 3.57. The maximum atomic E-state index is 8.81. The highest BCUT2D eigenvalue weighted by molar-refractivity contribution is 7.09. The van der Waals surface area contributed by atoms with Gasteiger partial charge in [0.25, 0.3) is 0 Å². The van der Waals surface area contributed by atoms with E-state index in [4.69, 9.17) is 10.0 Å². The summed E-state index contributed by atoms with van der Waals surface area (Å²) in [6.07, 6.45) is 7.69. The van der Waals surface area contributed by atoms with E-state index in [9.17, 15) is 0 Å². The van der Waals surface area contributed by atoms with E-state index in [0.717, 1.165) is 11.8 Å². The number of pyridine rings is 1. The molecule has 0 saturated heterocycles. The van der Waals surface area contributed by atoms with Gasteiger partial charge in [-0.3, -0.25) is 15.0 Å². The van der Waals surface area contributed by atoms with Crippen LogP contribution in [0.1, 0.15) is 53.7 Å². The molecule has 4 nitrogen and oxygen atoms in total. The fourth-order valence-corrected chi connectivity index (χ4v) is 2.63. The van der Waals surface area contributed by atoms with Gasteiger partial charge < -0.3 is 0 Å². The molecule has 2 aromatic heterocycles. The lowest BCUT2D eigenvalue weighted by Gasteiger charge is -2.00. The summed E-state index contributed by atoms with van der Waals surface area (Å²) in [6.45, 7) is 2.10. The Labute approximate surface area is 135 Å². The second kappa shape index (κ2) is 8.66. The van der Waals surface area contributed by atoms with Crippen LogP contribution < -0.4 is 5.48 Å². The highest BCUT2D eigenvalue weighted by Crippen LogP contribution is 2.43. The molecule has 0 aliphatic heterocycles. The van der Waals surface area contributed by atoms with Gasteiger partial charge in [-0.25, -0.2) is 5.48 Å². The molecule has 2 N–H and O–H groups in total. The lowest BCUT2D eigenvalue weighted by atomic mass is 10.1. The molecule has 1 amide bonds. The molecule has 2 aliphatic rings. The molecule has 2 aromatic rings. The molecule has 0 unspecified atom stereocenters. The van der Waals surface area contributed by atoms with Gasteiger partial charge in [-0.1, -0.05) is 6.07 Å². The normalized spacial score (nSPS) is 15.7. The van der Waals surface area contributed by atoms with Gasteiger partial charge in [0.2, 0.25) is 6.41 Å². The Bertz CT molecular complexity index is 537. The first-order valence-electron chi connectivity index (χ1n) is 7.53. The number of hydrogen-bond acceptors (Lipinski definition) is 4. The summed E-state index contributed by atoms with van der Waals surface area (Å²) < 4.78 is 0. The van der Waals surface area contributed by atoms with Crippen LogP contribution in [0.25, 0.3) is 0 Å². The monoisotopic (exact) mass is 318 g/mol. The summed E-state index contributed by atoms with van der Waals surface area (Å²) in [7, 11) is 0. The molecule has 4 rings (SSSR count). The van der Waals surface area contributed by atoms with Gasteiger partial charge in [0.05, 0.1) is 0 Å². The first kappa shape index (κ1) is 16.6. The summed E-state index contributed by atoms with van der Waals surface area (Å²) in [5.74, 6) is 1.69. The van der Waals surface area contributed by atoms with Gasteiger partial charge in [-0.05, 0) is 67.7 Å². The molecule has 118 valence electrons. The largest absolute Gasteiger partial charge is 0.289 e. The zero-order valence-electron chi connectivity index (χ0n) is 12.7. The molecule has 22 heavy (non-hydrogen) atoms. The molecule has 2 fully saturated rings. The number of thiophene rings is 1. The predicted molar refractivity (Wildman–Crippen MR) is 88.2 cm³/mol. The van der Waals surface area contributed by atoms with Crippen molar-refractivity contribution < 1.29 is 10.0 Å². The number of nitrogens with zero attached hydrogens (tertiary/aromatic N) is 1. The van der Waals surface area contributed by atoms with Crippen molar-refractivity contribution in [2.75, 3.05) is 0 Å². The third-order valence-corrected chi connectivity index (χ3v) is 4.37. The molecule has 2 heterocycles. The van der Waals surface area contributed by atoms with Crippen molar-refractivity contribution in [3.8, 4) is 0 Å². The number of hydrogen-bond donors (Lipinski definition) is 2. The van der Waals surface area contributed by atoms with E-state index in [0.29, 0.717) is 0 Å². The lowest BCUT2D eigenvalue weighted by Crippen LogP contribution is -1.99. The van der Waals surface area contributed by atoms with Gasteiger partial charge in [-0.2, -0.15) is 0 Å². The Hall–Kier alpha value is -1.72. The van der Waals surface area contributed by atoms with Crippen LogP contribution in [0, 0.1) is 6.92 Å². The van der Waals surface area contributed by atoms with E-state index < -0.39 is 0 Å². The first-order chi connectivity index (χ1) is 10.7. The van der Waals surface area contributed by atoms with E-state index in [2.05, 4.69) is 41.6 Å². The number of carbonyl (C=O) groups is 1. The zero-order valence-corrected chi connectivity index (χ0v) is 13.6. The van der Waals surface area contributed by atoms with Crippen LogP contribution in [0.2, 0.25) is 0 Å². The van der Waals surface area contributed by atoms with E-state index in [1.807, 2.05) is 6.20 Å². The number of amides is 1. The molecule has 0 spiro atoms. The Kier molecular flexibility index (Phi) is 6.55. The quantitative estimate of drug-likeness (QED) is 0.510. The molecule has 0 bridgehead atoms. The van der Waals surface area contributed by atoms with Crippen LogP contribution >= 0.6 is 11.3 Å². The number of carbonyl (C=O) groups excluding carboxylic acids is 1. The van der Waals surface area contributed by atoms with Gasteiger partial charge in [-0.15, -0.1) is 11.3 Å². The highest BCUT2D eigenvalue weighted by Gasteiger charge is 2.28. The molecule has 5 heteroatoms. The second-order valence-electron chi connectivity index (χ2n) is 5.53. The Morgan fingerprint density at radius 1 is 1.27 bits per heavy atom. The van der Waals surface area contributed by atoms with E-state index in [-0.39, 0.29) is 6.41 Å². The minimum absolute atomic E-state index is 0.181. The van der Waals surface area contributed by atoms with E-state index in [1.165, 1.54) is 47.3 Å². The Balaban J connectivity index is 0.000000149. The van der Waals surface area contributed by atoms with E-state index in [1.54, 1.807) is 11.3 Å². The van der Waals surface area contributed by atoms with Crippen molar-refractivity contribution in [1.82, 2.24) is 10.5 Å². The van der Waals surface area contributed by atoms with Gasteiger partial charge >= 0.3 is 0 Å². The predicted octanol–water partition coefficient (Wildman–Crippen LogP) is 4.01.